The van der Waals surface area contributed by atoms with Crippen molar-refractivity contribution in [2.45, 2.75) is 13.5 Å². The molecule has 4 rings (SSSR count). The highest BCUT2D eigenvalue weighted by molar-refractivity contribution is 7.17. The van der Waals surface area contributed by atoms with Crippen molar-refractivity contribution in [3.8, 4) is 11.1 Å². The van der Waals surface area contributed by atoms with Gasteiger partial charge in [-0.15, -0.1) is 11.3 Å². The van der Waals surface area contributed by atoms with Crippen LogP contribution in [0.15, 0.2) is 65.0 Å². The zero-order valence-corrected chi connectivity index (χ0v) is 16.6. The van der Waals surface area contributed by atoms with Crippen LogP contribution < -0.4 is 10.9 Å². The number of thiophene rings is 1. The minimum absolute atomic E-state index is 0.106. The van der Waals surface area contributed by atoms with Crippen LogP contribution in [0.2, 0.25) is 5.02 Å². The summed E-state index contributed by atoms with van der Waals surface area (Å²) in [6.07, 6.45) is 1.42. The summed E-state index contributed by atoms with van der Waals surface area (Å²) in [6, 6.07) is 14.8. The molecule has 0 atom stereocenters. The number of carbonyl (C=O) groups excluding carboxylic acids is 1. The molecule has 0 fully saturated rings. The zero-order valence-electron chi connectivity index (χ0n) is 15.0. The van der Waals surface area contributed by atoms with Gasteiger partial charge in [0.25, 0.3) is 5.56 Å². The van der Waals surface area contributed by atoms with Gasteiger partial charge in [0, 0.05) is 21.7 Å². The topological polar surface area (TPSA) is 64.0 Å². The fourth-order valence-electron chi connectivity index (χ4n) is 3.00. The molecule has 7 heteroatoms. The summed E-state index contributed by atoms with van der Waals surface area (Å²) < 4.78 is 1.33. The molecule has 0 spiro atoms. The van der Waals surface area contributed by atoms with E-state index in [4.69, 9.17) is 11.6 Å². The minimum atomic E-state index is -0.280. The number of benzene rings is 2. The first-order valence-corrected chi connectivity index (χ1v) is 9.86. The third kappa shape index (κ3) is 3.69. The Morgan fingerprint density at radius 1 is 1.21 bits per heavy atom. The summed E-state index contributed by atoms with van der Waals surface area (Å²) in [4.78, 5) is 30.4. The van der Waals surface area contributed by atoms with Gasteiger partial charge in [-0.2, -0.15) is 0 Å². The Balaban J connectivity index is 1.66. The molecule has 2 aromatic carbocycles. The lowest BCUT2D eigenvalue weighted by Gasteiger charge is -2.08. The van der Waals surface area contributed by atoms with E-state index in [1.54, 1.807) is 12.1 Å². The Morgan fingerprint density at radius 3 is 2.75 bits per heavy atom. The van der Waals surface area contributed by atoms with Crippen molar-refractivity contribution in [3.63, 3.8) is 0 Å². The largest absolute Gasteiger partial charge is 0.325 e. The van der Waals surface area contributed by atoms with E-state index in [0.717, 1.165) is 16.7 Å². The Kier molecular flexibility index (Phi) is 4.98. The number of anilines is 1. The van der Waals surface area contributed by atoms with E-state index in [0.29, 0.717) is 20.9 Å². The van der Waals surface area contributed by atoms with Crippen molar-refractivity contribution < 1.29 is 4.79 Å². The highest BCUT2D eigenvalue weighted by Gasteiger charge is 2.15. The molecule has 0 aliphatic rings. The van der Waals surface area contributed by atoms with Gasteiger partial charge in [-0.25, -0.2) is 4.98 Å². The van der Waals surface area contributed by atoms with Crippen molar-refractivity contribution in [3.05, 3.63) is 81.2 Å². The monoisotopic (exact) mass is 409 g/mol. The maximum Gasteiger partial charge on any atom is 0.263 e. The summed E-state index contributed by atoms with van der Waals surface area (Å²) in [5.41, 5.74) is 3.18. The van der Waals surface area contributed by atoms with Gasteiger partial charge in [-0.05, 0) is 42.3 Å². The van der Waals surface area contributed by atoms with Crippen LogP contribution in [0.3, 0.4) is 0 Å². The molecule has 0 saturated carbocycles. The van der Waals surface area contributed by atoms with Crippen molar-refractivity contribution in [2.75, 3.05) is 5.32 Å². The second-order valence-electron chi connectivity index (χ2n) is 6.43. The highest BCUT2D eigenvalue weighted by atomic mass is 35.5. The van der Waals surface area contributed by atoms with E-state index in [9.17, 15) is 9.59 Å². The van der Waals surface area contributed by atoms with Crippen LogP contribution in [0.5, 0.6) is 0 Å². The van der Waals surface area contributed by atoms with Gasteiger partial charge < -0.3 is 5.32 Å². The third-order valence-electron chi connectivity index (χ3n) is 4.33. The van der Waals surface area contributed by atoms with Gasteiger partial charge in [0.2, 0.25) is 5.91 Å². The fourth-order valence-corrected chi connectivity index (χ4v) is 4.03. The number of aryl methyl sites for hydroxylation is 1. The summed E-state index contributed by atoms with van der Waals surface area (Å²) >= 11 is 7.36. The van der Waals surface area contributed by atoms with Crippen LogP contribution in [0.1, 0.15) is 5.56 Å². The average Bonchev–Trinajstić information content (AvgIpc) is 3.09. The fraction of sp³-hybridized carbons (Fsp3) is 0.0952. The van der Waals surface area contributed by atoms with E-state index in [2.05, 4.69) is 10.3 Å². The van der Waals surface area contributed by atoms with Crippen LogP contribution in [0.4, 0.5) is 5.69 Å². The van der Waals surface area contributed by atoms with Gasteiger partial charge in [0.1, 0.15) is 11.4 Å². The van der Waals surface area contributed by atoms with Crippen LogP contribution in [-0.4, -0.2) is 15.5 Å². The number of halogens is 1. The molecule has 2 aromatic heterocycles. The van der Waals surface area contributed by atoms with E-state index in [1.807, 2.05) is 48.7 Å². The summed E-state index contributed by atoms with van der Waals surface area (Å²) in [5, 5.41) is 5.86. The van der Waals surface area contributed by atoms with Gasteiger partial charge >= 0.3 is 0 Å². The van der Waals surface area contributed by atoms with Crippen molar-refractivity contribution in [1.82, 2.24) is 9.55 Å². The van der Waals surface area contributed by atoms with Gasteiger partial charge in [0.15, 0.2) is 0 Å². The molecular formula is C21H16ClN3O2S. The Hall–Kier alpha value is -2.96. The Bertz CT molecular complexity index is 1230. The standard InChI is InChI=1S/C21H16ClN3O2S/c1-13-3-2-4-16(9-13)24-18(26)10-25-12-23-20-19(21(25)27)17(11-28-20)14-5-7-15(22)8-6-14/h2-9,11-12H,10H2,1H3,(H,24,26). The van der Waals surface area contributed by atoms with E-state index in [1.165, 1.54) is 22.2 Å². The summed E-state index contributed by atoms with van der Waals surface area (Å²) in [5.74, 6) is -0.280. The van der Waals surface area contributed by atoms with E-state index < -0.39 is 0 Å². The Labute approximate surface area is 170 Å². The molecule has 1 N–H and O–H groups in total. The van der Waals surface area contributed by atoms with Gasteiger partial charge in [-0.1, -0.05) is 35.9 Å². The number of nitrogens with one attached hydrogen (secondary N) is 1. The van der Waals surface area contributed by atoms with E-state index in [-0.39, 0.29) is 18.0 Å². The molecular weight excluding hydrogens is 394 g/mol. The first kappa shape index (κ1) is 18.4. The third-order valence-corrected chi connectivity index (χ3v) is 5.47. The predicted molar refractivity (Wildman–Crippen MR) is 114 cm³/mol. The number of aromatic nitrogens is 2. The summed E-state index contributed by atoms with van der Waals surface area (Å²) in [6.45, 7) is 1.85. The minimum Gasteiger partial charge on any atom is -0.325 e. The van der Waals surface area contributed by atoms with Crippen molar-refractivity contribution >= 4 is 44.7 Å². The molecule has 0 saturated heterocycles. The molecule has 2 heterocycles. The number of carbonyl (C=O) groups is 1. The molecule has 0 radical (unpaired) electrons. The lowest BCUT2D eigenvalue weighted by molar-refractivity contribution is -0.116. The molecule has 0 aliphatic carbocycles. The highest BCUT2D eigenvalue weighted by Crippen LogP contribution is 2.31. The van der Waals surface area contributed by atoms with Crippen molar-refractivity contribution in [2.24, 2.45) is 0 Å². The molecule has 0 aliphatic heterocycles. The average molecular weight is 410 g/mol. The van der Waals surface area contributed by atoms with Crippen LogP contribution >= 0.6 is 22.9 Å². The number of nitrogens with zero attached hydrogens (tertiary/aromatic N) is 2. The Morgan fingerprint density at radius 2 is 2.00 bits per heavy atom. The lowest BCUT2D eigenvalue weighted by atomic mass is 10.1. The first-order valence-electron chi connectivity index (χ1n) is 8.60. The quantitative estimate of drug-likeness (QED) is 0.530. The van der Waals surface area contributed by atoms with Gasteiger partial charge in [0.05, 0.1) is 11.7 Å². The number of amides is 1. The van der Waals surface area contributed by atoms with Gasteiger partial charge in [-0.3, -0.25) is 14.2 Å². The second-order valence-corrected chi connectivity index (χ2v) is 7.73. The SMILES string of the molecule is Cc1cccc(NC(=O)Cn2cnc3scc(-c4ccc(Cl)cc4)c3c2=O)c1. The van der Waals surface area contributed by atoms with Crippen molar-refractivity contribution in [1.29, 1.82) is 0 Å². The molecule has 140 valence electrons. The lowest BCUT2D eigenvalue weighted by Crippen LogP contribution is -2.27. The van der Waals surface area contributed by atoms with Crippen LogP contribution in [0.25, 0.3) is 21.3 Å². The molecule has 5 nitrogen and oxygen atoms in total. The predicted octanol–water partition coefficient (Wildman–Crippen LogP) is 4.73. The normalized spacial score (nSPS) is 10.9. The van der Waals surface area contributed by atoms with Crippen LogP contribution in [-0.2, 0) is 11.3 Å². The number of fused-ring (bicyclic) bond motifs is 1. The number of rotatable bonds is 4. The molecule has 0 bridgehead atoms. The molecule has 28 heavy (non-hydrogen) atoms. The molecule has 4 aromatic rings. The van der Waals surface area contributed by atoms with Crippen LogP contribution in [0, 0.1) is 6.92 Å². The van der Waals surface area contributed by atoms with E-state index >= 15 is 0 Å². The maximum absolute atomic E-state index is 13.0. The first-order chi connectivity index (χ1) is 13.5. The zero-order chi connectivity index (χ0) is 19.7. The molecule has 1 amide bonds. The smallest absolute Gasteiger partial charge is 0.263 e. The maximum atomic E-state index is 13.0. The summed E-state index contributed by atoms with van der Waals surface area (Å²) in [7, 11) is 0. The molecule has 0 unspecified atom stereocenters. The second kappa shape index (κ2) is 7.58. The number of hydrogen-bond donors (Lipinski definition) is 1. The number of hydrogen-bond acceptors (Lipinski definition) is 4.